The molecule has 0 unspecified atom stereocenters. The number of carbonyl (C=O) groups is 1. The minimum Gasteiger partial charge on any atom is -0.481 e. The number of carbonyl (C=O) groups excluding carboxylic acids is 1. The Morgan fingerprint density at radius 3 is 2.79 bits per heavy atom. The van der Waals surface area contributed by atoms with Crippen LogP contribution in [0.25, 0.3) is 11.0 Å². The van der Waals surface area contributed by atoms with E-state index in [2.05, 4.69) is 26.3 Å². The first-order valence-electron chi connectivity index (χ1n) is 10.8. The standard InChI is InChI=1S/C23H25N5O5/c1-30-21-5-3-17-22(26-21)18(6-8-24-17)25-23(29)33-28-12-10-27(11-13-28)9-7-16-2-4-19-20(14-16)32-15-31-19/h2-6,8,14H,7,9-13,15H2,1H3,(H,24,25,29). The van der Waals surface area contributed by atoms with Crippen molar-refractivity contribution in [2.24, 2.45) is 0 Å². The van der Waals surface area contributed by atoms with E-state index in [4.69, 9.17) is 19.0 Å². The van der Waals surface area contributed by atoms with Crippen LogP contribution < -0.4 is 19.5 Å². The number of hydroxylamine groups is 2. The van der Waals surface area contributed by atoms with E-state index in [-0.39, 0.29) is 6.79 Å². The summed E-state index contributed by atoms with van der Waals surface area (Å²) in [5, 5.41) is 4.45. The summed E-state index contributed by atoms with van der Waals surface area (Å²) in [6, 6.07) is 11.3. The smallest absolute Gasteiger partial charge is 0.430 e. The normalized spacial score (nSPS) is 16.0. The van der Waals surface area contributed by atoms with Crippen molar-refractivity contribution in [1.82, 2.24) is 19.9 Å². The number of hydrogen-bond acceptors (Lipinski definition) is 9. The number of rotatable bonds is 6. The number of nitrogens with one attached hydrogen (secondary N) is 1. The second-order valence-corrected chi connectivity index (χ2v) is 7.79. The number of fused-ring (bicyclic) bond motifs is 2. The number of amides is 1. The van der Waals surface area contributed by atoms with Gasteiger partial charge in [0.15, 0.2) is 11.5 Å². The van der Waals surface area contributed by atoms with E-state index in [1.807, 2.05) is 12.1 Å². The summed E-state index contributed by atoms with van der Waals surface area (Å²) < 4.78 is 16.0. The van der Waals surface area contributed by atoms with Crippen LogP contribution in [0.3, 0.4) is 0 Å². The number of nitrogens with zero attached hydrogens (tertiary/aromatic N) is 4. The lowest BCUT2D eigenvalue weighted by atomic mass is 10.1. The quantitative estimate of drug-likeness (QED) is 0.606. The van der Waals surface area contributed by atoms with Crippen molar-refractivity contribution in [1.29, 1.82) is 0 Å². The van der Waals surface area contributed by atoms with E-state index in [9.17, 15) is 4.79 Å². The molecule has 3 aromatic rings. The first-order valence-corrected chi connectivity index (χ1v) is 10.8. The summed E-state index contributed by atoms with van der Waals surface area (Å²) in [7, 11) is 1.54. The molecular formula is C23H25N5O5. The Morgan fingerprint density at radius 2 is 1.94 bits per heavy atom. The van der Waals surface area contributed by atoms with Crippen LogP contribution in [-0.4, -0.2) is 72.7 Å². The lowest BCUT2D eigenvalue weighted by Gasteiger charge is -2.33. The Labute approximate surface area is 191 Å². The van der Waals surface area contributed by atoms with Gasteiger partial charge in [-0.1, -0.05) is 6.07 Å². The van der Waals surface area contributed by atoms with Gasteiger partial charge in [0, 0.05) is 45.0 Å². The average Bonchev–Trinajstić information content (AvgIpc) is 3.31. The van der Waals surface area contributed by atoms with Crippen LogP contribution in [0.2, 0.25) is 0 Å². The molecule has 10 heteroatoms. The van der Waals surface area contributed by atoms with Crippen molar-refractivity contribution in [3.8, 4) is 17.4 Å². The molecule has 4 heterocycles. The maximum Gasteiger partial charge on any atom is 0.430 e. The molecule has 1 saturated heterocycles. The molecule has 2 aliphatic rings. The SMILES string of the molecule is COc1ccc2nccc(NC(=O)ON3CCN(CCc4ccc5c(c4)OCO5)CC3)c2n1. The summed E-state index contributed by atoms with van der Waals surface area (Å²) in [6.45, 7) is 4.12. The Morgan fingerprint density at radius 1 is 1.09 bits per heavy atom. The Kier molecular flexibility index (Phi) is 6.09. The fourth-order valence-corrected chi connectivity index (χ4v) is 3.90. The number of pyridine rings is 2. The Hall–Kier alpha value is -3.63. The lowest BCUT2D eigenvalue weighted by molar-refractivity contribution is -0.117. The van der Waals surface area contributed by atoms with Gasteiger partial charge in [-0.15, -0.1) is 5.06 Å². The molecule has 1 amide bonds. The number of piperazine rings is 1. The zero-order valence-corrected chi connectivity index (χ0v) is 18.3. The summed E-state index contributed by atoms with van der Waals surface area (Å²) in [5.41, 5.74) is 2.94. The van der Waals surface area contributed by atoms with Crippen LogP contribution in [0, 0.1) is 0 Å². The summed E-state index contributed by atoms with van der Waals surface area (Å²) in [5.74, 6) is 2.06. The predicted molar refractivity (Wildman–Crippen MR) is 120 cm³/mol. The van der Waals surface area contributed by atoms with E-state index < -0.39 is 6.09 Å². The first kappa shape index (κ1) is 21.2. The molecule has 0 bridgehead atoms. The lowest BCUT2D eigenvalue weighted by Crippen LogP contribution is -2.47. The van der Waals surface area contributed by atoms with Crippen LogP contribution in [0.5, 0.6) is 17.4 Å². The van der Waals surface area contributed by atoms with Crippen molar-refractivity contribution in [3.05, 3.63) is 48.2 Å². The minimum atomic E-state index is -0.555. The highest BCUT2D eigenvalue weighted by molar-refractivity contribution is 5.96. The van der Waals surface area contributed by atoms with Crippen LogP contribution in [0.15, 0.2) is 42.6 Å². The number of aromatic nitrogens is 2. The molecule has 172 valence electrons. The summed E-state index contributed by atoms with van der Waals surface area (Å²) in [4.78, 5) is 29.0. The molecule has 0 atom stereocenters. The third-order valence-corrected chi connectivity index (χ3v) is 5.70. The fraction of sp³-hybridized carbons (Fsp3) is 0.348. The fourth-order valence-electron chi connectivity index (χ4n) is 3.90. The maximum absolute atomic E-state index is 12.5. The molecule has 1 N–H and O–H groups in total. The van der Waals surface area contributed by atoms with Crippen LogP contribution in [-0.2, 0) is 11.3 Å². The van der Waals surface area contributed by atoms with Gasteiger partial charge in [0.1, 0.15) is 5.52 Å². The Bertz CT molecular complexity index is 1150. The minimum absolute atomic E-state index is 0.288. The topological polar surface area (TPSA) is 98.3 Å². The van der Waals surface area contributed by atoms with Gasteiger partial charge >= 0.3 is 6.09 Å². The van der Waals surface area contributed by atoms with Crippen molar-refractivity contribution < 1.29 is 23.8 Å². The molecule has 2 aliphatic heterocycles. The monoisotopic (exact) mass is 451 g/mol. The van der Waals surface area contributed by atoms with Gasteiger partial charge in [-0.3, -0.25) is 10.3 Å². The van der Waals surface area contributed by atoms with Crippen LogP contribution in [0.1, 0.15) is 5.56 Å². The van der Waals surface area contributed by atoms with E-state index in [0.29, 0.717) is 35.7 Å². The predicted octanol–water partition coefficient (Wildman–Crippen LogP) is 2.69. The van der Waals surface area contributed by atoms with Crippen molar-refractivity contribution >= 4 is 22.8 Å². The zero-order valence-electron chi connectivity index (χ0n) is 18.3. The number of benzene rings is 1. The Balaban J connectivity index is 1.10. The molecule has 0 spiro atoms. The molecule has 1 fully saturated rings. The van der Waals surface area contributed by atoms with Crippen molar-refractivity contribution in [2.75, 3.05) is 51.9 Å². The van der Waals surface area contributed by atoms with Gasteiger partial charge in [-0.05, 0) is 36.2 Å². The van der Waals surface area contributed by atoms with Gasteiger partial charge in [-0.25, -0.2) is 9.78 Å². The van der Waals surface area contributed by atoms with Crippen LogP contribution in [0.4, 0.5) is 10.5 Å². The van der Waals surface area contributed by atoms with Gasteiger partial charge < -0.3 is 23.9 Å². The third kappa shape index (κ3) is 4.91. The molecular weight excluding hydrogens is 426 g/mol. The van der Waals surface area contributed by atoms with E-state index >= 15 is 0 Å². The number of anilines is 1. The number of methoxy groups -OCH3 is 1. The second-order valence-electron chi connectivity index (χ2n) is 7.79. The number of ether oxygens (including phenoxy) is 3. The molecule has 0 aliphatic carbocycles. The van der Waals surface area contributed by atoms with Crippen molar-refractivity contribution in [3.63, 3.8) is 0 Å². The highest BCUT2D eigenvalue weighted by Crippen LogP contribution is 2.32. The zero-order chi connectivity index (χ0) is 22.6. The van der Waals surface area contributed by atoms with Gasteiger partial charge in [0.2, 0.25) is 12.7 Å². The molecule has 33 heavy (non-hydrogen) atoms. The number of hydrogen-bond donors (Lipinski definition) is 1. The molecule has 0 radical (unpaired) electrons. The van der Waals surface area contributed by atoms with E-state index in [1.165, 1.54) is 5.56 Å². The highest BCUT2D eigenvalue weighted by atomic mass is 16.7. The summed E-state index contributed by atoms with van der Waals surface area (Å²) in [6.07, 6.45) is 1.98. The van der Waals surface area contributed by atoms with E-state index in [1.54, 1.807) is 36.6 Å². The molecule has 1 aromatic carbocycles. The van der Waals surface area contributed by atoms with Gasteiger partial charge in [0.05, 0.1) is 18.3 Å². The maximum atomic E-state index is 12.5. The largest absolute Gasteiger partial charge is 0.481 e. The summed E-state index contributed by atoms with van der Waals surface area (Å²) >= 11 is 0. The van der Waals surface area contributed by atoms with Crippen molar-refractivity contribution in [2.45, 2.75) is 6.42 Å². The molecule has 10 nitrogen and oxygen atoms in total. The van der Waals surface area contributed by atoms with Gasteiger partial charge in [0.25, 0.3) is 0 Å². The van der Waals surface area contributed by atoms with Gasteiger partial charge in [-0.2, -0.15) is 0 Å². The molecule has 5 rings (SSSR count). The first-order chi connectivity index (χ1) is 16.2. The second kappa shape index (κ2) is 9.47. The highest BCUT2D eigenvalue weighted by Gasteiger charge is 2.21. The molecule has 0 saturated carbocycles. The third-order valence-electron chi connectivity index (χ3n) is 5.70. The molecule has 2 aromatic heterocycles. The van der Waals surface area contributed by atoms with E-state index in [0.717, 1.165) is 37.6 Å². The van der Waals surface area contributed by atoms with Crippen LogP contribution >= 0.6 is 0 Å². The average molecular weight is 451 g/mol.